The quantitative estimate of drug-likeness (QED) is 0.934. The largest absolute Gasteiger partial charge is 0.310 e. The molecule has 0 atom stereocenters. The Bertz CT molecular complexity index is 599. The first kappa shape index (κ1) is 12.9. The van der Waals surface area contributed by atoms with Crippen molar-refractivity contribution in [2.75, 3.05) is 0 Å². The Balaban J connectivity index is 1.96. The number of rotatable bonds is 4. The molecule has 0 radical (unpaired) electrons. The molecule has 0 bridgehead atoms. The average molecular weight is 320 g/mol. The topological polar surface area (TPSA) is 29.9 Å². The van der Waals surface area contributed by atoms with Crippen molar-refractivity contribution in [1.29, 1.82) is 0 Å². The van der Waals surface area contributed by atoms with Crippen LogP contribution in [0.15, 0.2) is 28.7 Å². The van der Waals surface area contributed by atoms with Crippen LogP contribution in [0.3, 0.4) is 0 Å². The highest BCUT2D eigenvalue weighted by atomic mass is 79.9. The summed E-state index contributed by atoms with van der Waals surface area (Å²) in [6.45, 7) is 5.03. The van der Waals surface area contributed by atoms with E-state index < -0.39 is 0 Å². The summed E-state index contributed by atoms with van der Waals surface area (Å²) in [7, 11) is 0. The summed E-state index contributed by atoms with van der Waals surface area (Å²) in [6, 6.07) is 9.19. The summed E-state index contributed by atoms with van der Waals surface area (Å²) in [5.41, 5.74) is 4.65. The Kier molecular flexibility index (Phi) is 3.46. The molecule has 3 rings (SSSR count). The zero-order chi connectivity index (χ0) is 13.4. The van der Waals surface area contributed by atoms with E-state index in [2.05, 4.69) is 57.5 Å². The predicted octanol–water partition coefficient (Wildman–Crippen LogP) is 3.50. The van der Waals surface area contributed by atoms with Crippen LogP contribution < -0.4 is 5.32 Å². The molecular weight excluding hydrogens is 302 g/mol. The van der Waals surface area contributed by atoms with E-state index in [0.29, 0.717) is 0 Å². The Labute approximate surface area is 122 Å². The molecule has 0 unspecified atom stereocenters. The Morgan fingerprint density at radius 2 is 2.05 bits per heavy atom. The molecule has 1 heterocycles. The van der Waals surface area contributed by atoms with Gasteiger partial charge in [-0.3, -0.25) is 0 Å². The molecule has 0 saturated heterocycles. The van der Waals surface area contributed by atoms with Gasteiger partial charge in [-0.05, 0) is 54.2 Å². The Morgan fingerprint density at radius 3 is 2.68 bits per heavy atom. The number of hydrogen-bond donors (Lipinski definition) is 1. The molecule has 2 aromatic rings. The van der Waals surface area contributed by atoms with Gasteiger partial charge in [0.25, 0.3) is 0 Å². The second-order valence-corrected chi connectivity index (χ2v) is 5.97. The van der Waals surface area contributed by atoms with Crippen LogP contribution in [0.4, 0.5) is 0 Å². The van der Waals surface area contributed by atoms with Crippen molar-refractivity contribution in [3.8, 4) is 5.69 Å². The molecule has 19 heavy (non-hydrogen) atoms. The van der Waals surface area contributed by atoms with Gasteiger partial charge in [-0.2, -0.15) is 5.10 Å². The van der Waals surface area contributed by atoms with Crippen molar-refractivity contribution in [2.45, 2.75) is 39.3 Å². The van der Waals surface area contributed by atoms with Crippen molar-refractivity contribution in [3.63, 3.8) is 0 Å². The van der Waals surface area contributed by atoms with E-state index in [1.165, 1.54) is 24.1 Å². The van der Waals surface area contributed by atoms with Gasteiger partial charge in [0.05, 0.1) is 21.5 Å². The molecule has 0 spiro atoms. The van der Waals surface area contributed by atoms with E-state index in [1.807, 2.05) is 11.6 Å². The summed E-state index contributed by atoms with van der Waals surface area (Å²) in [5.74, 6) is 0. The molecule has 1 aliphatic carbocycles. The third-order valence-electron chi connectivity index (χ3n) is 3.58. The molecule has 0 aliphatic heterocycles. The number of hydrogen-bond acceptors (Lipinski definition) is 2. The molecule has 1 fully saturated rings. The SMILES string of the molecule is Cc1nn(-c2ccccc2CNC2CC2)c(C)c1Br. The van der Waals surface area contributed by atoms with E-state index in [0.717, 1.165) is 28.4 Å². The summed E-state index contributed by atoms with van der Waals surface area (Å²) in [5, 5.41) is 8.20. The molecule has 0 amide bonds. The molecule has 3 nitrogen and oxygen atoms in total. The summed E-state index contributed by atoms with van der Waals surface area (Å²) in [4.78, 5) is 0. The standard InChI is InChI=1S/C15H18BrN3/c1-10-15(16)11(2)19(18-10)14-6-4-3-5-12(14)9-17-13-7-8-13/h3-6,13,17H,7-9H2,1-2H3. The van der Waals surface area contributed by atoms with Crippen LogP contribution in [-0.2, 0) is 6.54 Å². The van der Waals surface area contributed by atoms with Gasteiger partial charge in [-0.15, -0.1) is 0 Å². The normalized spacial score (nSPS) is 14.9. The lowest BCUT2D eigenvalue weighted by Crippen LogP contribution is -2.17. The van der Waals surface area contributed by atoms with Crippen LogP contribution in [0.1, 0.15) is 29.8 Å². The molecule has 1 aromatic carbocycles. The number of nitrogens with zero attached hydrogens (tertiary/aromatic N) is 2. The molecule has 1 N–H and O–H groups in total. The van der Waals surface area contributed by atoms with Gasteiger partial charge < -0.3 is 5.32 Å². The van der Waals surface area contributed by atoms with Gasteiger partial charge in [-0.25, -0.2) is 4.68 Å². The van der Waals surface area contributed by atoms with E-state index >= 15 is 0 Å². The summed E-state index contributed by atoms with van der Waals surface area (Å²) < 4.78 is 3.13. The lowest BCUT2D eigenvalue weighted by molar-refractivity contribution is 0.679. The average Bonchev–Trinajstić information content (AvgIpc) is 3.21. The highest BCUT2D eigenvalue weighted by Gasteiger charge is 2.21. The summed E-state index contributed by atoms with van der Waals surface area (Å²) >= 11 is 3.60. The van der Waals surface area contributed by atoms with Gasteiger partial charge in [0.1, 0.15) is 0 Å². The first-order chi connectivity index (χ1) is 9.16. The first-order valence-corrected chi connectivity index (χ1v) is 7.49. The van der Waals surface area contributed by atoms with Gasteiger partial charge in [0.15, 0.2) is 0 Å². The predicted molar refractivity (Wildman–Crippen MR) is 80.6 cm³/mol. The Hall–Kier alpha value is -1.13. The minimum Gasteiger partial charge on any atom is -0.310 e. The molecule has 1 aliphatic rings. The van der Waals surface area contributed by atoms with Crippen LogP contribution in [0, 0.1) is 13.8 Å². The van der Waals surface area contributed by atoms with Gasteiger partial charge in [0, 0.05) is 12.6 Å². The highest BCUT2D eigenvalue weighted by Crippen LogP contribution is 2.25. The fraction of sp³-hybridized carbons (Fsp3) is 0.400. The molecule has 1 aromatic heterocycles. The Morgan fingerprint density at radius 1 is 1.32 bits per heavy atom. The van der Waals surface area contributed by atoms with Crippen molar-refractivity contribution in [3.05, 3.63) is 45.7 Å². The lowest BCUT2D eigenvalue weighted by Gasteiger charge is -2.11. The van der Waals surface area contributed by atoms with Crippen molar-refractivity contribution in [1.82, 2.24) is 15.1 Å². The lowest BCUT2D eigenvalue weighted by atomic mass is 10.1. The number of aryl methyl sites for hydroxylation is 1. The second kappa shape index (κ2) is 5.10. The molecule has 100 valence electrons. The zero-order valence-electron chi connectivity index (χ0n) is 11.3. The maximum atomic E-state index is 4.63. The minimum atomic E-state index is 0.722. The van der Waals surface area contributed by atoms with E-state index in [1.54, 1.807) is 0 Å². The van der Waals surface area contributed by atoms with E-state index in [9.17, 15) is 0 Å². The number of benzene rings is 1. The van der Waals surface area contributed by atoms with Crippen LogP contribution in [-0.4, -0.2) is 15.8 Å². The van der Waals surface area contributed by atoms with Crippen LogP contribution in [0.25, 0.3) is 5.69 Å². The molecule has 4 heteroatoms. The van der Waals surface area contributed by atoms with Gasteiger partial charge in [0.2, 0.25) is 0 Å². The number of aromatic nitrogens is 2. The summed E-state index contributed by atoms with van der Waals surface area (Å²) in [6.07, 6.45) is 2.63. The third kappa shape index (κ3) is 2.60. The maximum Gasteiger partial charge on any atom is 0.0743 e. The van der Waals surface area contributed by atoms with Crippen molar-refractivity contribution < 1.29 is 0 Å². The number of nitrogens with one attached hydrogen (secondary N) is 1. The van der Waals surface area contributed by atoms with Crippen LogP contribution >= 0.6 is 15.9 Å². The van der Waals surface area contributed by atoms with Crippen LogP contribution in [0.2, 0.25) is 0 Å². The van der Waals surface area contributed by atoms with Crippen molar-refractivity contribution in [2.24, 2.45) is 0 Å². The monoisotopic (exact) mass is 319 g/mol. The second-order valence-electron chi connectivity index (χ2n) is 5.18. The van der Waals surface area contributed by atoms with Crippen molar-refractivity contribution >= 4 is 15.9 Å². The first-order valence-electron chi connectivity index (χ1n) is 6.70. The maximum absolute atomic E-state index is 4.63. The zero-order valence-corrected chi connectivity index (χ0v) is 12.9. The third-order valence-corrected chi connectivity index (χ3v) is 4.73. The number of halogens is 1. The molecular formula is C15H18BrN3. The van der Waals surface area contributed by atoms with Crippen LogP contribution in [0.5, 0.6) is 0 Å². The smallest absolute Gasteiger partial charge is 0.0743 e. The van der Waals surface area contributed by atoms with Gasteiger partial charge in [-0.1, -0.05) is 18.2 Å². The molecule has 1 saturated carbocycles. The fourth-order valence-electron chi connectivity index (χ4n) is 2.27. The fourth-order valence-corrected chi connectivity index (χ4v) is 2.51. The van der Waals surface area contributed by atoms with Gasteiger partial charge >= 0.3 is 0 Å². The highest BCUT2D eigenvalue weighted by molar-refractivity contribution is 9.10. The minimum absolute atomic E-state index is 0.722. The van der Waals surface area contributed by atoms with E-state index in [-0.39, 0.29) is 0 Å². The van der Waals surface area contributed by atoms with E-state index in [4.69, 9.17) is 0 Å². The number of para-hydroxylation sites is 1.